The molecule has 0 aliphatic carbocycles. The summed E-state index contributed by atoms with van der Waals surface area (Å²) >= 11 is 6.31. The second kappa shape index (κ2) is 7.48. The van der Waals surface area contributed by atoms with Crippen LogP contribution in [-0.2, 0) is 4.79 Å². The summed E-state index contributed by atoms with van der Waals surface area (Å²) in [4.78, 5) is 16.7. The zero-order valence-electron chi connectivity index (χ0n) is 14.2. The lowest BCUT2D eigenvalue weighted by molar-refractivity contribution is -0.111. The highest BCUT2D eigenvalue weighted by molar-refractivity contribution is 6.33. The second-order valence-corrected chi connectivity index (χ2v) is 6.32. The number of rotatable bonds is 4. The number of oxazole rings is 1. The molecule has 1 heterocycles. The first kappa shape index (κ1) is 17.1. The summed E-state index contributed by atoms with van der Waals surface area (Å²) in [6.45, 7) is 0. The molecule has 0 aliphatic rings. The lowest BCUT2D eigenvalue weighted by atomic mass is 10.2. The Morgan fingerprint density at radius 1 is 1.00 bits per heavy atom. The molecule has 0 atom stereocenters. The summed E-state index contributed by atoms with van der Waals surface area (Å²) in [7, 11) is 0. The fourth-order valence-electron chi connectivity index (χ4n) is 2.67. The molecular formula is C22H15ClN2O2. The Morgan fingerprint density at radius 3 is 2.59 bits per heavy atom. The van der Waals surface area contributed by atoms with Crippen molar-refractivity contribution in [3.63, 3.8) is 0 Å². The van der Waals surface area contributed by atoms with Gasteiger partial charge in [-0.3, -0.25) is 4.79 Å². The predicted molar refractivity (Wildman–Crippen MR) is 109 cm³/mol. The molecule has 0 radical (unpaired) electrons. The maximum atomic E-state index is 12.2. The maximum absolute atomic E-state index is 12.2. The van der Waals surface area contributed by atoms with E-state index in [2.05, 4.69) is 10.3 Å². The molecule has 1 amide bonds. The molecule has 0 bridgehead atoms. The van der Waals surface area contributed by atoms with Gasteiger partial charge in [0.05, 0.1) is 10.6 Å². The first-order valence-corrected chi connectivity index (χ1v) is 8.76. The van der Waals surface area contributed by atoms with Gasteiger partial charge in [0, 0.05) is 11.8 Å². The lowest BCUT2D eigenvalue weighted by Gasteiger charge is -2.05. The summed E-state index contributed by atoms with van der Waals surface area (Å²) in [6.07, 6.45) is 3.25. The first-order chi connectivity index (χ1) is 13.2. The molecule has 3 aromatic carbocycles. The highest BCUT2D eigenvalue weighted by atomic mass is 35.5. The smallest absolute Gasteiger partial charge is 0.248 e. The summed E-state index contributed by atoms with van der Waals surface area (Å²) in [5.41, 5.74) is 3.63. The number of amides is 1. The molecule has 5 heteroatoms. The Kier molecular flexibility index (Phi) is 4.73. The quantitative estimate of drug-likeness (QED) is 0.459. The monoisotopic (exact) mass is 374 g/mol. The molecule has 0 saturated carbocycles. The number of carbonyl (C=O) groups excluding carboxylic acids is 1. The minimum absolute atomic E-state index is 0.232. The topological polar surface area (TPSA) is 55.1 Å². The van der Waals surface area contributed by atoms with Gasteiger partial charge in [-0.25, -0.2) is 4.98 Å². The zero-order valence-corrected chi connectivity index (χ0v) is 15.0. The van der Waals surface area contributed by atoms with Crippen LogP contribution >= 0.6 is 11.6 Å². The van der Waals surface area contributed by atoms with Gasteiger partial charge in [-0.2, -0.15) is 0 Å². The largest absolute Gasteiger partial charge is 0.436 e. The van der Waals surface area contributed by atoms with Gasteiger partial charge in [-0.1, -0.05) is 54.1 Å². The van der Waals surface area contributed by atoms with Crippen LogP contribution < -0.4 is 5.32 Å². The van der Waals surface area contributed by atoms with Crippen LogP contribution in [0, 0.1) is 0 Å². The van der Waals surface area contributed by atoms with E-state index in [1.807, 2.05) is 54.6 Å². The number of fused-ring (bicyclic) bond motifs is 1. The molecule has 0 unspecified atom stereocenters. The fraction of sp³-hybridized carbons (Fsp3) is 0. The zero-order chi connectivity index (χ0) is 18.6. The number of hydrogen-bond donors (Lipinski definition) is 1. The van der Waals surface area contributed by atoms with Crippen molar-refractivity contribution in [2.45, 2.75) is 0 Å². The molecule has 0 saturated heterocycles. The molecular weight excluding hydrogens is 360 g/mol. The lowest BCUT2D eigenvalue weighted by Crippen LogP contribution is -2.07. The van der Waals surface area contributed by atoms with E-state index in [0.29, 0.717) is 27.7 Å². The molecule has 1 aromatic heterocycles. The first-order valence-electron chi connectivity index (χ1n) is 8.39. The Balaban J connectivity index is 1.57. The van der Waals surface area contributed by atoms with Crippen molar-refractivity contribution in [2.24, 2.45) is 0 Å². The van der Waals surface area contributed by atoms with Gasteiger partial charge in [0.25, 0.3) is 0 Å². The van der Waals surface area contributed by atoms with Crippen LogP contribution in [0.1, 0.15) is 5.56 Å². The van der Waals surface area contributed by atoms with E-state index in [9.17, 15) is 4.79 Å². The number of nitrogens with one attached hydrogen (secondary N) is 1. The molecule has 4 aromatic rings. The standard InChI is InChI=1S/C22H15ClN2O2/c23-18-12-11-16(24-21(26)13-10-15-6-2-1-3-7-15)14-17(18)22-25-19-8-4-5-9-20(19)27-22/h1-14H,(H,24,26)/b13-10-. The van der Waals surface area contributed by atoms with E-state index < -0.39 is 0 Å². The SMILES string of the molecule is O=C(/C=C\c1ccccc1)Nc1ccc(Cl)c(-c2nc3ccccc3o2)c1. The van der Waals surface area contributed by atoms with Crippen molar-refractivity contribution in [1.82, 2.24) is 4.98 Å². The number of anilines is 1. The number of nitrogens with zero attached hydrogens (tertiary/aromatic N) is 1. The maximum Gasteiger partial charge on any atom is 0.248 e. The van der Waals surface area contributed by atoms with Crippen molar-refractivity contribution in [2.75, 3.05) is 5.32 Å². The van der Waals surface area contributed by atoms with E-state index >= 15 is 0 Å². The van der Waals surface area contributed by atoms with Crippen molar-refractivity contribution in [3.8, 4) is 11.5 Å². The third-order valence-electron chi connectivity index (χ3n) is 3.98. The van der Waals surface area contributed by atoms with E-state index in [1.54, 1.807) is 24.3 Å². The average molecular weight is 375 g/mol. The summed E-state index contributed by atoms with van der Waals surface area (Å²) in [5.74, 6) is 0.182. The average Bonchev–Trinajstić information content (AvgIpc) is 3.13. The van der Waals surface area contributed by atoms with Gasteiger partial charge < -0.3 is 9.73 Å². The molecule has 4 rings (SSSR count). The highest BCUT2D eigenvalue weighted by Crippen LogP contribution is 2.32. The molecule has 0 spiro atoms. The number of carbonyl (C=O) groups is 1. The molecule has 0 aliphatic heterocycles. The third kappa shape index (κ3) is 3.91. The number of hydrogen-bond acceptors (Lipinski definition) is 3. The molecule has 0 fully saturated rings. The van der Waals surface area contributed by atoms with Crippen molar-refractivity contribution in [1.29, 1.82) is 0 Å². The Labute approximate surface area is 161 Å². The van der Waals surface area contributed by atoms with Crippen molar-refractivity contribution < 1.29 is 9.21 Å². The number of benzene rings is 3. The minimum Gasteiger partial charge on any atom is -0.436 e. The molecule has 27 heavy (non-hydrogen) atoms. The fourth-order valence-corrected chi connectivity index (χ4v) is 2.87. The van der Waals surface area contributed by atoms with Gasteiger partial charge in [0.1, 0.15) is 5.52 Å². The van der Waals surface area contributed by atoms with Crippen LogP contribution in [0.15, 0.2) is 83.3 Å². The van der Waals surface area contributed by atoms with E-state index in [1.165, 1.54) is 6.08 Å². The highest BCUT2D eigenvalue weighted by Gasteiger charge is 2.13. The van der Waals surface area contributed by atoms with Crippen molar-refractivity contribution >= 4 is 40.4 Å². The third-order valence-corrected chi connectivity index (χ3v) is 4.31. The second-order valence-electron chi connectivity index (χ2n) is 5.91. The van der Waals surface area contributed by atoms with E-state index in [4.69, 9.17) is 16.0 Å². The van der Waals surface area contributed by atoms with Gasteiger partial charge in [-0.05, 0) is 42.0 Å². The van der Waals surface area contributed by atoms with Crippen LogP contribution in [0.3, 0.4) is 0 Å². The van der Waals surface area contributed by atoms with Gasteiger partial charge in [-0.15, -0.1) is 0 Å². The normalized spacial score (nSPS) is 11.1. The molecule has 1 N–H and O–H groups in total. The molecule has 4 nitrogen and oxygen atoms in total. The van der Waals surface area contributed by atoms with Gasteiger partial charge in [0.15, 0.2) is 5.58 Å². The Bertz CT molecular complexity index is 1100. The van der Waals surface area contributed by atoms with Crippen LogP contribution in [0.2, 0.25) is 5.02 Å². The Hall–Kier alpha value is -3.37. The van der Waals surface area contributed by atoms with Crippen LogP contribution in [0.5, 0.6) is 0 Å². The van der Waals surface area contributed by atoms with Gasteiger partial charge >= 0.3 is 0 Å². The predicted octanol–water partition coefficient (Wildman–Crippen LogP) is 5.80. The molecule has 132 valence electrons. The van der Waals surface area contributed by atoms with Crippen molar-refractivity contribution in [3.05, 3.63) is 89.5 Å². The number of halogens is 1. The summed E-state index contributed by atoms with van der Waals surface area (Å²) in [6, 6.07) is 22.3. The Morgan fingerprint density at radius 2 is 1.78 bits per heavy atom. The summed E-state index contributed by atoms with van der Waals surface area (Å²) in [5, 5.41) is 3.33. The van der Waals surface area contributed by atoms with Crippen LogP contribution in [0.25, 0.3) is 28.6 Å². The van der Waals surface area contributed by atoms with Gasteiger partial charge in [0.2, 0.25) is 11.8 Å². The summed E-state index contributed by atoms with van der Waals surface area (Å²) < 4.78 is 5.78. The number of aromatic nitrogens is 1. The number of para-hydroxylation sites is 2. The van der Waals surface area contributed by atoms with E-state index in [0.717, 1.165) is 11.1 Å². The van der Waals surface area contributed by atoms with Crippen LogP contribution in [-0.4, -0.2) is 10.9 Å². The minimum atomic E-state index is -0.232. The van der Waals surface area contributed by atoms with Crippen LogP contribution in [0.4, 0.5) is 5.69 Å². The van der Waals surface area contributed by atoms with E-state index in [-0.39, 0.29) is 5.91 Å².